The van der Waals surface area contributed by atoms with E-state index in [0.29, 0.717) is 12.6 Å². The van der Waals surface area contributed by atoms with Crippen molar-refractivity contribution in [1.29, 1.82) is 0 Å². The standard InChI is InChI=1S/C13H16N4O/c1-2-16-11-6-3-9(8-15-14)7-12(11)17(13(16)18)10-4-5-10/h3,6-8,10H,2,4-5,14H2,1H3. The second-order valence-electron chi connectivity index (χ2n) is 4.65. The molecular formula is C13H16N4O. The quantitative estimate of drug-likeness (QED) is 0.504. The third kappa shape index (κ3) is 1.54. The maximum Gasteiger partial charge on any atom is 0.329 e. The second-order valence-corrected chi connectivity index (χ2v) is 4.65. The highest BCUT2D eigenvalue weighted by molar-refractivity contribution is 5.87. The van der Waals surface area contributed by atoms with Gasteiger partial charge in [-0.15, -0.1) is 0 Å². The van der Waals surface area contributed by atoms with Crippen molar-refractivity contribution in [3.8, 4) is 0 Å². The average molecular weight is 244 g/mol. The van der Waals surface area contributed by atoms with Gasteiger partial charge in [-0.25, -0.2) is 4.79 Å². The first-order valence-electron chi connectivity index (χ1n) is 6.24. The molecule has 0 aliphatic heterocycles. The van der Waals surface area contributed by atoms with E-state index in [0.717, 1.165) is 29.4 Å². The molecule has 0 radical (unpaired) electrons. The van der Waals surface area contributed by atoms with Crippen LogP contribution in [0, 0.1) is 0 Å². The summed E-state index contributed by atoms with van der Waals surface area (Å²) in [5.41, 5.74) is 3.00. The van der Waals surface area contributed by atoms with Crippen LogP contribution >= 0.6 is 0 Å². The number of hydrogen-bond acceptors (Lipinski definition) is 3. The number of aromatic nitrogens is 2. The fourth-order valence-corrected chi connectivity index (χ4v) is 2.46. The van der Waals surface area contributed by atoms with E-state index in [4.69, 9.17) is 5.84 Å². The molecule has 1 heterocycles. The number of rotatable bonds is 3. The maximum atomic E-state index is 12.3. The van der Waals surface area contributed by atoms with Crippen LogP contribution in [0.5, 0.6) is 0 Å². The summed E-state index contributed by atoms with van der Waals surface area (Å²) in [7, 11) is 0. The number of hydrazone groups is 1. The minimum absolute atomic E-state index is 0.0943. The smallest absolute Gasteiger partial charge is 0.323 e. The van der Waals surface area contributed by atoms with E-state index in [1.54, 1.807) is 6.21 Å². The molecule has 1 aromatic heterocycles. The molecule has 0 amide bonds. The Morgan fingerprint density at radius 1 is 1.44 bits per heavy atom. The first-order chi connectivity index (χ1) is 8.76. The van der Waals surface area contributed by atoms with Crippen LogP contribution in [0.4, 0.5) is 0 Å². The summed E-state index contributed by atoms with van der Waals surface area (Å²) in [6, 6.07) is 6.26. The molecule has 1 aromatic carbocycles. The summed E-state index contributed by atoms with van der Waals surface area (Å²) in [6.07, 6.45) is 3.79. The Balaban J connectivity index is 2.32. The van der Waals surface area contributed by atoms with Gasteiger partial charge in [0.15, 0.2) is 0 Å². The monoisotopic (exact) mass is 244 g/mol. The van der Waals surface area contributed by atoms with Crippen molar-refractivity contribution >= 4 is 17.2 Å². The van der Waals surface area contributed by atoms with Crippen molar-refractivity contribution in [3.05, 3.63) is 34.2 Å². The lowest BCUT2D eigenvalue weighted by Crippen LogP contribution is -2.23. The van der Waals surface area contributed by atoms with Gasteiger partial charge in [-0.1, -0.05) is 6.07 Å². The van der Waals surface area contributed by atoms with E-state index in [-0.39, 0.29) is 5.69 Å². The summed E-state index contributed by atoms with van der Waals surface area (Å²) in [6.45, 7) is 2.69. The first-order valence-corrected chi connectivity index (χ1v) is 6.24. The summed E-state index contributed by atoms with van der Waals surface area (Å²) >= 11 is 0. The zero-order valence-electron chi connectivity index (χ0n) is 10.3. The Morgan fingerprint density at radius 3 is 2.83 bits per heavy atom. The molecule has 0 spiro atoms. The lowest BCUT2D eigenvalue weighted by molar-refractivity contribution is 0.660. The topological polar surface area (TPSA) is 65.3 Å². The number of hydrogen-bond donors (Lipinski definition) is 1. The molecule has 0 bridgehead atoms. The number of imidazole rings is 1. The predicted octanol–water partition coefficient (Wildman–Crippen LogP) is 1.45. The van der Waals surface area contributed by atoms with Crippen LogP contribution < -0.4 is 11.5 Å². The predicted molar refractivity (Wildman–Crippen MR) is 71.9 cm³/mol. The van der Waals surface area contributed by atoms with E-state index in [2.05, 4.69) is 5.10 Å². The van der Waals surface area contributed by atoms with Crippen LogP contribution in [-0.4, -0.2) is 15.3 Å². The van der Waals surface area contributed by atoms with Gasteiger partial charge in [-0.3, -0.25) is 9.13 Å². The number of nitrogens with two attached hydrogens (primary N) is 1. The third-order valence-electron chi connectivity index (χ3n) is 3.44. The van der Waals surface area contributed by atoms with Crippen LogP contribution in [0.15, 0.2) is 28.1 Å². The zero-order valence-corrected chi connectivity index (χ0v) is 10.3. The van der Waals surface area contributed by atoms with Crippen molar-refractivity contribution in [1.82, 2.24) is 9.13 Å². The van der Waals surface area contributed by atoms with E-state index in [1.165, 1.54) is 0 Å². The van der Waals surface area contributed by atoms with Crippen LogP contribution in [-0.2, 0) is 6.54 Å². The van der Waals surface area contributed by atoms with Gasteiger partial charge in [0.2, 0.25) is 0 Å². The molecule has 1 saturated carbocycles. The van der Waals surface area contributed by atoms with Gasteiger partial charge in [-0.2, -0.15) is 5.10 Å². The molecule has 0 saturated heterocycles. The fraction of sp³-hybridized carbons (Fsp3) is 0.385. The van der Waals surface area contributed by atoms with Crippen LogP contribution in [0.1, 0.15) is 31.4 Å². The van der Waals surface area contributed by atoms with E-state index in [9.17, 15) is 4.79 Å². The van der Waals surface area contributed by atoms with Crippen molar-refractivity contribution in [2.75, 3.05) is 0 Å². The molecule has 2 N–H and O–H groups in total. The molecule has 1 fully saturated rings. The number of aryl methyl sites for hydroxylation is 1. The molecule has 18 heavy (non-hydrogen) atoms. The molecule has 3 rings (SSSR count). The van der Waals surface area contributed by atoms with Gasteiger partial charge in [-0.05, 0) is 37.5 Å². The van der Waals surface area contributed by atoms with Crippen LogP contribution in [0.2, 0.25) is 0 Å². The third-order valence-corrected chi connectivity index (χ3v) is 3.44. The highest BCUT2D eigenvalue weighted by atomic mass is 16.1. The Kier molecular flexibility index (Phi) is 2.47. The largest absolute Gasteiger partial charge is 0.329 e. The van der Waals surface area contributed by atoms with Crippen molar-refractivity contribution in [2.45, 2.75) is 32.4 Å². The molecule has 1 aliphatic carbocycles. The molecule has 1 aliphatic rings. The molecular weight excluding hydrogens is 228 g/mol. The van der Waals surface area contributed by atoms with Crippen LogP contribution in [0.3, 0.4) is 0 Å². The van der Waals surface area contributed by atoms with Gasteiger partial charge >= 0.3 is 5.69 Å². The number of benzene rings is 1. The Morgan fingerprint density at radius 2 is 2.22 bits per heavy atom. The van der Waals surface area contributed by atoms with Crippen molar-refractivity contribution < 1.29 is 0 Å². The maximum absolute atomic E-state index is 12.3. The number of fused-ring (bicyclic) bond motifs is 1. The Labute approximate surface area is 105 Å². The van der Waals surface area contributed by atoms with Crippen molar-refractivity contribution in [3.63, 3.8) is 0 Å². The van der Waals surface area contributed by atoms with Gasteiger partial charge in [0.25, 0.3) is 0 Å². The molecule has 5 heteroatoms. The van der Waals surface area contributed by atoms with E-state index >= 15 is 0 Å². The Bertz CT molecular complexity index is 676. The van der Waals surface area contributed by atoms with E-state index < -0.39 is 0 Å². The number of nitrogens with zero attached hydrogens (tertiary/aromatic N) is 3. The van der Waals surface area contributed by atoms with E-state index in [1.807, 2.05) is 34.3 Å². The van der Waals surface area contributed by atoms with Gasteiger partial charge in [0, 0.05) is 12.6 Å². The van der Waals surface area contributed by atoms with Crippen molar-refractivity contribution in [2.24, 2.45) is 10.9 Å². The lowest BCUT2D eigenvalue weighted by atomic mass is 10.2. The average Bonchev–Trinajstić information content (AvgIpc) is 3.14. The minimum atomic E-state index is 0.0943. The molecule has 0 atom stereocenters. The summed E-state index contributed by atoms with van der Waals surface area (Å²) in [5.74, 6) is 5.17. The summed E-state index contributed by atoms with van der Waals surface area (Å²) < 4.78 is 3.73. The summed E-state index contributed by atoms with van der Waals surface area (Å²) in [4.78, 5) is 12.3. The molecule has 2 aromatic rings. The first kappa shape index (κ1) is 11.1. The molecule has 5 nitrogen and oxygen atoms in total. The van der Waals surface area contributed by atoms with Gasteiger partial charge in [0.05, 0.1) is 17.2 Å². The minimum Gasteiger partial charge on any atom is -0.323 e. The molecule has 0 unspecified atom stereocenters. The Hall–Kier alpha value is -2.04. The SMILES string of the molecule is CCn1c(=O)n(C2CC2)c2cc(C=NN)ccc21. The lowest BCUT2D eigenvalue weighted by Gasteiger charge is -2.00. The van der Waals surface area contributed by atoms with Crippen LogP contribution in [0.25, 0.3) is 11.0 Å². The summed E-state index contributed by atoms with van der Waals surface area (Å²) in [5, 5.41) is 3.53. The molecule has 94 valence electrons. The fourth-order valence-electron chi connectivity index (χ4n) is 2.46. The van der Waals surface area contributed by atoms with Gasteiger partial charge in [0.1, 0.15) is 0 Å². The normalized spacial score (nSPS) is 15.8. The van der Waals surface area contributed by atoms with Gasteiger partial charge < -0.3 is 5.84 Å². The highest BCUT2D eigenvalue weighted by Crippen LogP contribution is 2.36. The zero-order chi connectivity index (χ0) is 12.7. The highest BCUT2D eigenvalue weighted by Gasteiger charge is 2.28. The second kappa shape index (κ2) is 4.01.